The van der Waals surface area contributed by atoms with E-state index < -0.39 is 0 Å². The highest BCUT2D eigenvalue weighted by atomic mass is 79.9. The third kappa shape index (κ3) is 2.75. The Hall–Kier alpha value is -2.24. The van der Waals surface area contributed by atoms with Gasteiger partial charge in [-0.25, -0.2) is 0 Å². The zero-order valence-electron chi connectivity index (χ0n) is 15.9. The maximum Gasteiger partial charge on any atom is 0.0722 e. The van der Waals surface area contributed by atoms with E-state index in [1.807, 2.05) is 0 Å². The number of hydrogen-bond acceptors (Lipinski definition) is 3. The van der Waals surface area contributed by atoms with E-state index >= 15 is 0 Å². The van der Waals surface area contributed by atoms with Crippen LogP contribution in [0.4, 0.5) is 0 Å². The summed E-state index contributed by atoms with van der Waals surface area (Å²) in [4.78, 5) is 1.33. The lowest BCUT2D eigenvalue weighted by molar-refractivity contribution is 0.768. The summed E-state index contributed by atoms with van der Waals surface area (Å²) in [7, 11) is 0. The molecule has 0 bridgehead atoms. The van der Waals surface area contributed by atoms with Gasteiger partial charge in [0.1, 0.15) is 0 Å². The fourth-order valence-corrected chi connectivity index (χ4v) is 6.26. The minimum atomic E-state index is -0.352. The highest BCUT2D eigenvalue weighted by Crippen LogP contribution is 2.59. The van der Waals surface area contributed by atoms with Gasteiger partial charge < -0.3 is 11.5 Å². The van der Waals surface area contributed by atoms with Gasteiger partial charge in [0, 0.05) is 18.0 Å². The number of thiophene rings is 1. The highest BCUT2D eigenvalue weighted by Gasteiger charge is 2.47. The van der Waals surface area contributed by atoms with E-state index in [0.717, 1.165) is 14.9 Å². The first-order valence-corrected chi connectivity index (χ1v) is 11.3. The summed E-state index contributed by atoms with van der Waals surface area (Å²) in [6.07, 6.45) is 0. The summed E-state index contributed by atoms with van der Waals surface area (Å²) in [6.45, 7) is 1.09. The van der Waals surface area contributed by atoms with Gasteiger partial charge in [-0.2, -0.15) is 0 Å². The second-order valence-corrected chi connectivity index (χ2v) is 9.82. The van der Waals surface area contributed by atoms with Crippen LogP contribution >= 0.6 is 27.3 Å². The quantitative estimate of drug-likeness (QED) is 0.356. The summed E-state index contributed by atoms with van der Waals surface area (Å²) in [5.41, 5.74) is 20.1. The Morgan fingerprint density at radius 2 is 1.28 bits per heavy atom. The summed E-state index contributed by atoms with van der Waals surface area (Å²) < 4.78 is 1.15. The van der Waals surface area contributed by atoms with Crippen molar-refractivity contribution in [3.05, 3.63) is 116 Å². The van der Waals surface area contributed by atoms with Gasteiger partial charge in [-0.1, -0.05) is 72.8 Å². The molecule has 0 fully saturated rings. The fourth-order valence-electron chi connectivity index (χ4n) is 4.56. The Kier molecular flexibility index (Phi) is 4.67. The van der Waals surface area contributed by atoms with Crippen LogP contribution < -0.4 is 11.5 Å². The van der Waals surface area contributed by atoms with Gasteiger partial charge in [-0.15, -0.1) is 11.3 Å². The van der Waals surface area contributed by atoms with Gasteiger partial charge in [-0.05, 0) is 60.9 Å². The van der Waals surface area contributed by atoms with Crippen molar-refractivity contribution in [3.8, 4) is 10.4 Å². The maximum absolute atomic E-state index is 5.87. The first kappa shape index (κ1) is 18.8. The predicted octanol–water partition coefficient (Wildman–Crippen LogP) is 5.79. The van der Waals surface area contributed by atoms with Crippen LogP contribution in [-0.2, 0) is 18.5 Å². The fraction of sp³-hybridized carbons (Fsp3) is 0.120. The van der Waals surface area contributed by atoms with Gasteiger partial charge in [0.2, 0.25) is 0 Å². The second kappa shape index (κ2) is 7.22. The largest absolute Gasteiger partial charge is 0.326 e. The third-order valence-corrected chi connectivity index (χ3v) is 7.60. The molecule has 29 heavy (non-hydrogen) atoms. The summed E-state index contributed by atoms with van der Waals surface area (Å²) in [5, 5.41) is 0. The van der Waals surface area contributed by atoms with Gasteiger partial charge in [-0.3, -0.25) is 0 Å². The molecular weight excluding hydrogens is 440 g/mol. The second-order valence-electron chi connectivity index (χ2n) is 7.39. The lowest BCUT2D eigenvalue weighted by Crippen LogP contribution is -2.28. The van der Waals surface area contributed by atoms with E-state index in [1.165, 1.54) is 32.7 Å². The molecule has 3 aromatic carbocycles. The van der Waals surface area contributed by atoms with Crippen LogP contribution in [0.3, 0.4) is 0 Å². The molecule has 0 aliphatic heterocycles. The molecule has 2 nitrogen and oxygen atoms in total. The van der Waals surface area contributed by atoms with Crippen molar-refractivity contribution >= 4 is 27.3 Å². The zero-order valence-corrected chi connectivity index (χ0v) is 18.3. The zero-order chi connectivity index (χ0) is 20.0. The van der Waals surface area contributed by atoms with Crippen molar-refractivity contribution in [2.24, 2.45) is 11.5 Å². The van der Waals surface area contributed by atoms with Crippen LogP contribution in [-0.4, -0.2) is 0 Å². The monoisotopic (exact) mass is 460 g/mol. The number of benzene rings is 3. The number of hydrogen-bond donors (Lipinski definition) is 2. The summed E-state index contributed by atoms with van der Waals surface area (Å²) in [5.74, 6) is 0. The van der Waals surface area contributed by atoms with Crippen molar-refractivity contribution in [2.45, 2.75) is 18.5 Å². The van der Waals surface area contributed by atoms with Crippen LogP contribution in [0.15, 0.2) is 82.6 Å². The Labute approximate surface area is 183 Å². The molecule has 0 radical (unpaired) electrons. The number of halogens is 1. The summed E-state index contributed by atoms with van der Waals surface area (Å²) in [6, 6.07) is 28.6. The molecule has 0 atom stereocenters. The van der Waals surface area contributed by atoms with Gasteiger partial charge in [0.15, 0.2) is 0 Å². The molecule has 5 rings (SSSR count). The molecule has 0 saturated heterocycles. The lowest BCUT2D eigenvalue weighted by atomic mass is 9.68. The number of rotatable bonds is 4. The van der Waals surface area contributed by atoms with Crippen LogP contribution in [0.2, 0.25) is 0 Å². The summed E-state index contributed by atoms with van der Waals surface area (Å²) >= 11 is 5.54. The standard InChI is InChI=1S/C25H21BrN2S/c26-23-13-22-24(29-23)20-3-1-2-4-21(20)25(22,18-9-5-16(14-27)6-10-18)19-11-7-17(15-28)8-12-19/h1-13H,14-15,27-28H2. The van der Waals surface area contributed by atoms with E-state index in [1.54, 1.807) is 11.3 Å². The molecule has 4 N–H and O–H groups in total. The first-order chi connectivity index (χ1) is 14.2. The van der Waals surface area contributed by atoms with Crippen molar-refractivity contribution in [1.82, 2.24) is 0 Å². The van der Waals surface area contributed by atoms with Crippen LogP contribution in [0, 0.1) is 0 Å². The lowest BCUT2D eigenvalue weighted by Gasteiger charge is -2.33. The number of nitrogens with two attached hydrogens (primary N) is 2. The predicted molar refractivity (Wildman–Crippen MR) is 125 cm³/mol. The minimum absolute atomic E-state index is 0.352. The van der Waals surface area contributed by atoms with Gasteiger partial charge in [0.25, 0.3) is 0 Å². The molecule has 144 valence electrons. The molecule has 1 aliphatic rings. The van der Waals surface area contributed by atoms with Crippen LogP contribution in [0.1, 0.15) is 33.4 Å². The van der Waals surface area contributed by atoms with Crippen molar-refractivity contribution < 1.29 is 0 Å². The molecule has 0 saturated carbocycles. The van der Waals surface area contributed by atoms with Gasteiger partial charge in [0.05, 0.1) is 9.20 Å². The molecule has 1 aliphatic carbocycles. The van der Waals surface area contributed by atoms with E-state index in [-0.39, 0.29) is 5.41 Å². The molecule has 4 aromatic rings. The topological polar surface area (TPSA) is 52.0 Å². The smallest absolute Gasteiger partial charge is 0.0722 e. The van der Waals surface area contributed by atoms with Gasteiger partial charge >= 0.3 is 0 Å². The molecule has 1 aromatic heterocycles. The minimum Gasteiger partial charge on any atom is -0.326 e. The van der Waals surface area contributed by atoms with Crippen molar-refractivity contribution in [3.63, 3.8) is 0 Å². The third-order valence-electron chi connectivity index (χ3n) is 5.93. The van der Waals surface area contributed by atoms with E-state index in [0.29, 0.717) is 13.1 Å². The SMILES string of the molecule is NCc1ccc(C2(c3ccc(CN)cc3)c3ccccc3-c3sc(Br)cc32)cc1. The number of fused-ring (bicyclic) bond motifs is 3. The van der Waals surface area contributed by atoms with Crippen molar-refractivity contribution in [1.29, 1.82) is 0 Å². The van der Waals surface area contributed by atoms with Crippen LogP contribution in [0.5, 0.6) is 0 Å². The van der Waals surface area contributed by atoms with E-state index in [2.05, 4.69) is 94.8 Å². The average molecular weight is 461 g/mol. The molecular formula is C25H21BrN2S. The Balaban J connectivity index is 1.87. The molecule has 0 spiro atoms. The highest BCUT2D eigenvalue weighted by molar-refractivity contribution is 9.11. The Morgan fingerprint density at radius 3 is 1.83 bits per heavy atom. The van der Waals surface area contributed by atoms with E-state index in [4.69, 9.17) is 11.5 Å². The molecule has 0 unspecified atom stereocenters. The average Bonchev–Trinajstić information content (AvgIpc) is 3.28. The molecule has 4 heteroatoms. The van der Waals surface area contributed by atoms with E-state index in [9.17, 15) is 0 Å². The molecule has 0 amide bonds. The Bertz CT molecular complexity index is 1130. The molecule has 1 heterocycles. The maximum atomic E-state index is 5.87. The Morgan fingerprint density at radius 1 is 0.724 bits per heavy atom. The van der Waals surface area contributed by atoms with Crippen LogP contribution in [0.25, 0.3) is 10.4 Å². The normalized spacial score (nSPS) is 13.9. The van der Waals surface area contributed by atoms with Crippen molar-refractivity contribution in [2.75, 3.05) is 0 Å². The first-order valence-electron chi connectivity index (χ1n) is 9.67.